The van der Waals surface area contributed by atoms with E-state index in [-0.39, 0.29) is 17.1 Å². The number of phosphoric ester groups is 1. The molecule has 0 amide bonds. The zero-order valence-electron chi connectivity index (χ0n) is 15.5. The van der Waals surface area contributed by atoms with E-state index in [2.05, 4.69) is 28.1 Å². The maximum Gasteiger partial charge on any atom is 0.490 e. The van der Waals surface area contributed by atoms with E-state index in [0.29, 0.717) is 0 Å². The van der Waals surface area contributed by atoms with Crippen LogP contribution in [0.25, 0.3) is 11.2 Å². The largest absolute Gasteiger partial charge is 0.490 e. The highest BCUT2D eigenvalue weighted by Gasteiger charge is 2.48. The number of rotatable bonds is 8. The van der Waals surface area contributed by atoms with Crippen molar-refractivity contribution in [2.45, 2.75) is 24.5 Å². The highest BCUT2D eigenvalue weighted by molar-refractivity contribution is 7.66. The summed E-state index contributed by atoms with van der Waals surface area (Å²) < 4.78 is 52.0. The smallest absolute Gasteiger partial charge is 0.371 e. The second kappa shape index (κ2) is 8.34. The van der Waals surface area contributed by atoms with Crippen LogP contribution in [0.4, 0.5) is 5.95 Å². The number of aromatic nitrogens is 4. The zero-order chi connectivity index (χ0) is 24.1. The van der Waals surface area contributed by atoms with Crippen molar-refractivity contribution in [2.24, 2.45) is 5.73 Å². The Balaban J connectivity index is 1.72. The Bertz CT molecular complexity index is 1220. The van der Waals surface area contributed by atoms with Crippen LogP contribution < -0.4 is 17.0 Å². The zero-order valence-corrected chi connectivity index (χ0v) is 18.2. The number of nitrogens with one attached hydrogen (secondary N) is 1. The molecule has 1 aliphatic rings. The van der Waals surface area contributed by atoms with Crippen LogP contribution in [0.1, 0.15) is 12.6 Å². The third-order valence-corrected chi connectivity index (χ3v) is 7.65. The monoisotopic (exact) mass is 522 g/mol. The van der Waals surface area contributed by atoms with Crippen molar-refractivity contribution in [1.82, 2.24) is 19.5 Å². The number of H-pyrrole nitrogens is 1. The molecule has 3 heterocycles. The second-order valence-corrected chi connectivity index (χ2v) is 10.9. The van der Waals surface area contributed by atoms with Crippen LogP contribution in [-0.2, 0) is 31.6 Å². The van der Waals surface area contributed by atoms with Gasteiger partial charge < -0.3 is 35.2 Å². The van der Waals surface area contributed by atoms with Gasteiger partial charge in [0.05, 0.1) is 19.0 Å². The predicted octanol–water partition coefficient (Wildman–Crippen LogP) is -2.02. The fourth-order valence-electron chi connectivity index (χ4n) is 2.81. The molecule has 22 heteroatoms. The van der Waals surface area contributed by atoms with Crippen molar-refractivity contribution >= 4 is 40.6 Å². The van der Waals surface area contributed by atoms with Gasteiger partial charge in [0.15, 0.2) is 23.1 Å². The molecule has 2 aromatic heterocycles. The average molecular weight is 522 g/mol. The molecule has 19 nitrogen and oxygen atoms in total. The van der Waals surface area contributed by atoms with Gasteiger partial charge in [-0.05, 0) is 0 Å². The Hall–Kier alpha value is -1.56. The summed E-state index contributed by atoms with van der Waals surface area (Å²) in [7, 11) is -16.6. The van der Waals surface area contributed by atoms with Crippen molar-refractivity contribution in [1.29, 1.82) is 0 Å². The van der Waals surface area contributed by atoms with Gasteiger partial charge in [-0.2, -0.15) is 13.6 Å². The quantitative estimate of drug-likeness (QED) is 0.137. The van der Waals surface area contributed by atoms with Crippen LogP contribution in [0, 0.1) is 0 Å². The molecule has 0 aromatic carbocycles. The predicted molar refractivity (Wildman–Crippen MR) is 100 cm³/mol. The van der Waals surface area contributed by atoms with Gasteiger partial charge in [0, 0.05) is 6.42 Å². The topological polar surface area (TPSA) is 305 Å². The summed E-state index contributed by atoms with van der Waals surface area (Å²) in [6.45, 7) is -0.845. The molecule has 3 rings (SSSR count). The van der Waals surface area contributed by atoms with E-state index in [1.54, 1.807) is 0 Å². The van der Waals surface area contributed by atoms with Gasteiger partial charge in [-0.3, -0.25) is 24.6 Å². The number of aromatic amines is 1. The molecule has 0 saturated carbocycles. The van der Waals surface area contributed by atoms with Crippen LogP contribution in [0.2, 0.25) is 0 Å². The summed E-state index contributed by atoms with van der Waals surface area (Å²) in [6.07, 6.45) is -1.96. The van der Waals surface area contributed by atoms with Crippen molar-refractivity contribution in [3.05, 3.63) is 16.7 Å². The lowest BCUT2D eigenvalue weighted by Crippen LogP contribution is -2.44. The van der Waals surface area contributed by atoms with Crippen LogP contribution in [0.15, 0.2) is 11.1 Å². The van der Waals surface area contributed by atoms with Gasteiger partial charge >= 0.3 is 23.5 Å². The standard InChI is InChI=1S/C10H17N6O13P3/c11-9-14-6-5(7(17)15-9)13-3-16(6)8-10(12,18)1-4(27-8)2-26-31(22,23)29-32(24,25)28-30(19,20)21/h3-4,8,18H,1-2,12H2,(H,22,23)(H,24,25)(H2,19,20,21)(H3,11,14,15,17)/t4-,8+,10+/m0/s1. The Morgan fingerprint density at radius 1 is 1.25 bits per heavy atom. The molecular weight excluding hydrogens is 505 g/mol. The Morgan fingerprint density at radius 3 is 2.53 bits per heavy atom. The fourth-order valence-corrected chi connectivity index (χ4v) is 5.86. The Morgan fingerprint density at radius 2 is 1.91 bits per heavy atom. The molecule has 2 unspecified atom stereocenters. The number of hydrogen-bond acceptors (Lipinski definition) is 13. The van der Waals surface area contributed by atoms with Crippen molar-refractivity contribution in [2.75, 3.05) is 12.3 Å². The van der Waals surface area contributed by atoms with E-state index >= 15 is 0 Å². The molecule has 0 bridgehead atoms. The highest BCUT2D eigenvalue weighted by atomic mass is 31.3. The third-order valence-electron chi connectivity index (χ3n) is 3.85. The number of ether oxygens (including phenoxy) is 1. The van der Waals surface area contributed by atoms with E-state index in [9.17, 15) is 28.5 Å². The number of hydrogen-bond donors (Lipinski definition) is 8. The van der Waals surface area contributed by atoms with Gasteiger partial charge in [0.1, 0.15) is 0 Å². The lowest BCUT2D eigenvalue weighted by molar-refractivity contribution is -0.0906. The molecule has 0 spiro atoms. The van der Waals surface area contributed by atoms with Gasteiger partial charge in [-0.15, -0.1) is 0 Å². The third kappa shape index (κ3) is 5.86. The minimum atomic E-state index is -5.69. The summed E-state index contributed by atoms with van der Waals surface area (Å²) in [5.41, 5.74) is 8.27. The number of nitrogen functional groups attached to an aromatic ring is 1. The summed E-state index contributed by atoms with van der Waals surface area (Å²) in [5.74, 6) is -0.257. The van der Waals surface area contributed by atoms with Crippen LogP contribution in [0.3, 0.4) is 0 Å². The molecule has 2 aromatic rings. The van der Waals surface area contributed by atoms with E-state index in [4.69, 9.17) is 30.9 Å². The van der Waals surface area contributed by atoms with E-state index < -0.39 is 60.1 Å². The highest BCUT2D eigenvalue weighted by Crippen LogP contribution is 2.66. The Kier molecular flexibility index (Phi) is 6.53. The van der Waals surface area contributed by atoms with E-state index in [0.717, 1.165) is 10.9 Å². The normalized spacial score (nSPS) is 27.9. The number of anilines is 1. The number of imidazole rings is 1. The number of nitrogens with zero attached hydrogens (tertiary/aromatic N) is 3. The van der Waals surface area contributed by atoms with E-state index in [1.807, 2.05) is 0 Å². The van der Waals surface area contributed by atoms with Crippen molar-refractivity contribution in [3.63, 3.8) is 0 Å². The van der Waals surface area contributed by atoms with Gasteiger partial charge in [-0.1, -0.05) is 0 Å². The summed E-state index contributed by atoms with van der Waals surface area (Å²) in [4.78, 5) is 57.5. The molecular formula is C10H17N6O13P3. The molecule has 1 saturated heterocycles. The summed E-state index contributed by atoms with van der Waals surface area (Å²) >= 11 is 0. The summed E-state index contributed by atoms with van der Waals surface area (Å²) in [5, 5.41) is 10.5. The number of fused-ring (bicyclic) bond motifs is 1. The molecule has 32 heavy (non-hydrogen) atoms. The first-order valence-electron chi connectivity index (χ1n) is 8.15. The van der Waals surface area contributed by atoms with Crippen LogP contribution in [-0.4, -0.2) is 62.6 Å². The first kappa shape index (κ1) is 25.1. The number of phosphoric acid groups is 3. The maximum atomic E-state index is 11.9. The van der Waals surface area contributed by atoms with Gasteiger partial charge in [0.25, 0.3) is 5.56 Å². The number of aliphatic hydroxyl groups is 1. The fraction of sp³-hybridized carbons (Fsp3) is 0.500. The number of nitrogens with two attached hydrogens (primary N) is 2. The average Bonchev–Trinajstić information content (AvgIpc) is 3.09. The van der Waals surface area contributed by atoms with Crippen molar-refractivity contribution in [3.8, 4) is 0 Å². The molecule has 180 valence electrons. The molecule has 0 radical (unpaired) electrons. The lowest BCUT2D eigenvalue weighted by atomic mass is 10.1. The minimum Gasteiger partial charge on any atom is -0.371 e. The lowest BCUT2D eigenvalue weighted by Gasteiger charge is -2.24. The van der Waals surface area contributed by atoms with Gasteiger partial charge in [0.2, 0.25) is 5.95 Å². The molecule has 1 fully saturated rings. The van der Waals surface area contributed by atoms with E-state index in [1.165, 1.54) is 0 Å². The molecule has 10 N–H and O–H groups in total. The molecule has 0 aliphatic carbocycles. The van der Waals surface area contributed by atoms with Gasteiger partial charge in [-0.25, -0.2) is 18.7 Å². The first-order valence-corrected chi connectivity index (χ1v) is 12.7. The Labute approximate surface area is 176 Å². The van der Waals surface area contributed by atoms with Crippen LogP contribution in [0.5, 0.6) is 0 Å². The van der Waals surface area contributed by atoms with Crippen LogP contribution >= 0.6 is 23.5 Å². The SMILES string of the molecule is Nc1nc2c(ncn2[C@@H]2O[C@H](COP(=O)(O)OP(=O)(O)OP(=O)(O)O)C[C@@]2(N)O)c(=O)[nH]1. The molecule has 1 aliphatic heterocycles. The summed E-state index contributed by atoms with van der Waals surface area (Å²) in [6, 6.07) is 0. The minimum absolute atomic E-state index is 0.0892. The maximum absolute atomic E-state index is 11.9. The second-order valence-electron chi connectivity index (χ2n) is 6.47. The first-order chi connectivity index (χ1) is 14.5. The van der Waals surface area contributed by atoms with Crippen molar-refractivity contribution < 1.29 is 56.3 Å². The molecule has 5 atom stereocenters.